The number of amides is 1. The number of para-hydroxylation sites is 2. The number of ether oxygens (including phenoxy) is 1. The van der Waals surface area contributed by atoms with Crippen LogP contribution in [0.5, 0.6) is 5.75 Å². The second kappa shape index (κ2) is 9.30. The summed E-state index contributed by atoms with van der Waals surface area (Å²) in [5, 5.41) is 3.33. The summed E-state index contributed by atoms with van der Waals surface area (Å²) in [7, 11) is 1.64. The fraction of sp³-hybridized carbons (Fsp3) is 0.240. The zero-order chi connectivity index (χ0) is 23.5. The first-order chi connectivity index (χ1) is 16.6. The average molecular weight is 456 g/mol. The Kier molecular flexibility index (Phi) is 5.90. The Labute approximate surface area is 197 Å². The van der Waals surface area contributed by atoms with Crippen molar-refractivity contribution in [3.05, 3.63) is 72.2 Å². The van der Waals surface area contributed by atoms with Gasteiger partial charge in [0.25, 0.3) is 5.91 Å². The van der Waals surface area contributed by atoms with Gasteiger partial charge in [0.2, 0.25) is 5.95 Å². The molecule has 0 spiro atoms. The molecule has 2 aromatic heterocycles. The molecule has 0 aliphatic carbocycles. The molecule has 1 aliphatic rings. The number of nitrogens with zero attached hydrogens (tertiary/aromatic N) is 6. The van der Waals surface area contributed by atoms with Gasteiger partial charge in [-0.3, -0.25) is 9.78 Å². The monoisotopic (exact) mass is 455 g/mol. The van der Waals surface area contributed by atoms with E-state index in [9.17, 15) is 4.79 Å². The Hall–Kier alpha value is -4.27. The summed E-state index contributed by atoms with van der Waals surface area (Å²) in [5.41, 5.74) is 3.64. The molecule has 9 nitrogen and oxygen atoms in total. The van der Waals surface area contributed by atoms with E-state index in [0.717, 1.165) is 34.0 Å². The zero-order valence-electron chi connectivity index (χ0n) is 19.1. The number of fused-ring (bicyclic) bond motifs is 1. The van der Waals surface area contributed by atoms with Crippen molar-refractivity contribution in [3.8, 4) is 5.75 Å². The van der Waals surface area contributed by atoms with Crippen molar-refractivity contribution in [1.82, 2.24) is 24.8 Å². The van der Waals surface area contributed by atoms with Crippen LogP contribution in [0.15, 0.2) is 60.8 Å². The number of aromatic nitrogens is 4. The van der Waals surface area contributed by atoms with Gasteiger partial charge < -0.3 is 19.9 Å². The van der Waals surface area contributed by atoms with Crippen molar-refractivity contribution in [2.24, 2.45) is 0 Å². The number of aryl methyl sites for hydroxylation is 1. The SMILES string of the molecule is COc1ccc(Nc2cc(C)nc(N3CCN(C(=O)c4cnc5ccccc5n4)CC3)n2)cc1. The van der Waals surface area contributed by atoms with Gasteiger partial charge >= 0.3 is 0 Å². The van der Waals surface area contributed by atoms with Gasteiger partial charge in [-0.25, -0.2) is 9.97 Å². The summed E-state index contributed by atoms with van der Waals surface area (Å²) in [6, 6.07) is 17.1. The van der Waals surface area contributed by atoms with E-state index in [1.165, 1.54) is 0 Å². The van der Waals surface area contributed by atoms with Crippen LogP contribution in [0, 0.1) is 6.92 Å². The molecule has 0 saturated carbocycles. The van der Waals surface area contributed by atoms with Gasteiger partial charge in [-0.05, 0) is 43.3 Å². The molecule has 172 valence electrons. The molecule has 1 amide bonds. The third-order valence-corrected chi connectivity index (χ3v) is 5.72. The fourth-order valence-electron chi connectivity index (χ4n) is 3.91. The Balaban J connectivity index is 1.26. The van der Waals surface area contributed by atoms with Crippen molar-refractivity contribution < 1.29 is 9.53 Å². The first-order valence-corrected chi connectivity index (χ1v) is 11.1. The van der Waals surface area contributed by atoms with Crippen LogP contribution in [0.4, 0.5) is 17.5 Å². The summed E-state index contributed by atoms with van der Waals surface area (Å²) in [6.45, 7) is 4.34. The molecule has 4 aromatic rings. The van der Waals surface area contributed by atoms with E-state index in [1.54, 1.807) is 13.3 Å². The van der Waals surface area contributed by atoms with E-state index in [0.29, 0.717) is 37.8 Å². The first-order valence-electron chi connectivity index (χ1n) is 11.1. The third kappa shape index (κ3) is 4.59. The lowest BCUT2D eigenvalue weighted by Gasteiger charge is -2.34. The molecule has 1 fully saturated rings. The maximum Gasteiger partial charge on any atom is 0.274 e. The molecule has 34 heavy (non-hydrogen) atoms. The van der Waals surface area contributed by atoms with Crippen LogP contribution in [-0.2, 0) is 0 Å². The molecular weight excluding hydrogens is 430 g/mol. The number of rotatable bonds is 5. The van der Waals surface area contributed by atoms with Crippen LogP contribution in [-0.4, -0.2) is 64.0 Å². The number of methoxy groups -OCH3 is 1. The lowest BCUT2D eigenvalue weighted by Crippen LogP contribution is -2.49. The van der Waals surface area contributed by atoms with Gasteiger partial charge in [0.15, 0.2) is 0 Å². The van der Waals surface area contributed by atoms with Crippen molar-refractivity contribution >= 4 is 34.4 Å². The second-order valence-corrected chi connectivity index (χ2v) is 8.07. The van der Waals surface area contributed by atoms with E-state index in [1.807, 2.05) is 66.4 Å². The molecule has 9 heteroatoms. The summed E-state index contributed by atoms with van der Waals surface area (Å²) in [4.78, 5) is 35.1. The summed E-state index contributed by atoms with van der Waals surface area (Å²) in [5.74, 6) is 2.06. The highest BCUT2D eigenvalue weighted by molar-refractivity contribution is 5.94. The highest BCUT2D eigenvalue weighted by Gasteiger charge is 2.25. The molecule has 5 rings (SSSR count). The van der Waals surface area contributed by atoms with Crippen LogP contribution in [0.1, 0.15) is 16.2 Å². The fourth-order valence-corrected chi connectivity index (χ4v) is 3.91. The molecule has 1 saturated heterocycles. The number of hydrogen-bond acceptors (Lipinski definition) is 8. The maximum absolute atomic E-state index is 13.0. The summed E-state index contributed by atoms with van der Waals surface area (Å²) < 4.78 is 5.21. The Morgan fingerprint density at radius 2 is 1.68 bits per heavy atom. The Morgan fingerprint density at radius 3 is 2.41 bits per heavy atom. The number of benzene rings is 2. The van der Waals surface area contributed by atoms with Crippen LogP contribution in [0.25, 0.3) is 11.0 Å². The quantitative estimate of drug-likeness (QED) is 0.489. The molecule has 0 atom stereocenters. The zero-order valence-corrected chi connectivity index (χ0v) is 19.1. The number of carbonyl (C=O) groups is 1. The predicted octanol–water partition coefficient (Wildman–Crippen LogP) is 3.44. The van der Waals surface area contributed by atoms with Crippen LogP contribution < -0.4 is 15.0 Å². The minimum atomic E-state index is -0.107. The topological polar surface area (TPSA) is 96.4 Å². The van der Waals surface area contributed by atoms with Crippen molar-refractivity contribution in [3.63, 3.8) is 0 Å². The standard InChI is InChI=1S/C25H25N7O2/c1-17-15-23(28-18-7-9-19(34-2)10-8-18)30-25(27-17)32-13-11-31(12-14-32)24(33)22-16-26-20-5-3-4-6-21(20)29-22/h3-10,15-16H,11-14H2,1-2H3,(H,27,28,30). The average Bonchev–Trinajstić information content (AvgIpc) is 2.88. The largest absolute Gasteiger partial charge is 0.497 e. The third-order valence-electron chi connectivity index (χ3n) is 5.72. The maximum atomic E-state index is 13.0. The highest BCUT2D eigenvalue weighted by atomic mass is 16.5. The van der Waals surface area contributed by atoms with Crippen molar-refractivity contribution in [2.45, 2.75) is 6.92 Å². The van der Waals surface area contributed by atoms with E-state index in [2.05, 4.69) is 25.2 Å². The number of nitrogens with one attached hydrogen (secondary N) is 1. The molecule has 1 N–H and O–H groups in total. The molecular formula is C25H25N7O2. The molecule has 3 heterocycles. The summed E-state index contributed by atoms with van der Waals surface area (Å²) >= 11 is 0. The minimum absolute atomic E-state index is 0.107. The van der Waals surface area contributed by atoms with Crippen LogP contribution in [0.2, 0.25) is 0 Å². The normalized spacial score (nSPS) is 13.7. The number of carbonyl (C=O) groups excluding carboxylic acids is 1. The van der Waals surface area contributed by atoms with Gasteiger partial charge in [-0.15, -0.1) is 0 Å². The van der Waals surface area contributed by atoms with E-state index < -0.39 is 0 Å². The van der Waals surface area contributed by atoms with Crippen molar-refractivity contribution in [1.29, 1.82) is 0 Å². The number of anilines is 3. The molecule has 0 bridgehead atoms. The van der Waals surface area contributed by atoms with E-state index in [4.69, 9.17) is 9.72 Å². The predicted molar refractivity (Wildman–Crippen MR) is 131 cm³/mol. The minimum Gasteiger partial charge on any atom is -0.497 e. The molecule has 2 aromatic carbocycles. The number of piperazine rings is 1. The van der Waals surface area contributed by atoms with E-state index >= 15 is 0 Å². The highest BCUT2D eigenvalue weighted by Crippen LogP contribution is 2.22. The Bertz CT molecular complexity index is 1320. The molecule has 0 unspecified atom stereocenters. The van der Waals surface area contributed by atoms with Crippen LogP contribution in [0.3, 0.4) is 0 Å². The van der Waals surface area contributed by atoms with Gasteiger partial charge in [0.05, 0.1) is 24.3 Å². The molecule has 0 radical (unpaired) electrons. The second-order valence-electron chi connectivity index (χ2n) is 8.07. The van der Waals surface area contributed by atoms with Crippen molar-refractivity contribution in [2.75, 3.05) is 43.5 Å². The lowest BCUT2D eigenvalue weighted by atomic mass is 10.2. The smallest absolute Gasteiger partial charge is 0.274 e. The summed E-state index contributed by atoms with van der Waals surface area (Å²) in [6.07, 6.45) is 1.55. The first kappa shape index (κ1) is 21.6. The Morgan fingerprint density at radius 1 is 0.941 bits per heavy atom. The van der Waals surface area contributed by atoms with Crippen LogP contribution >= 0.6 is 0 Å². The van der Waals surface area contributed by atoms with Gasteiger partial charge in [-0.1, -0.05) is 12.1 Å². The number of hydrogen-bond donors (Lipinski definition) is 1. The van der Waals surface area contributed by atoms with Gasteiger partial charge in [0, 0.05) is 43.6 Å². The van der Waals surface area contributed by atoms with Gasteiger partial charge in [-0.2, -0.15) is 4.98 Å². The van der Waals surface area contributed by atoms with E-state index in [-0.39, 0.29) is 5.91 Å². The van der Waals surface area contributed by atoms with Gasteiger partial charge in [0.1, 0.15) is 17.3 Å². The lowest BCUT2D eigenvalue weighted by molar-refractivity contribution is 0.0740. The molecule has 1 aliphatic heterocycles.